The summed E-state index contributed by atoms with van der Waals surface area (Å²) >= 11 is 1.21. The molecule has 1 amide bonds. The summed E-state index contributed by atoms with van der Waals surface area (Å²) in [6.07, 6.45) is 0.699. The van der Waals surface area contributed by atoms with Crippen molar-refractivity contribution in [3.05, 3.63) is 101 Å². The summed E-state index contributed by atoms with van der Waals surface area (Å²) in [6.45, 7) is 0.483. The lowest BCUT2D eigenvalue weighted by atomic mass is 10.1. The Bertz CT molecular complexity index is 1220. The number of carbonyl (C=O) groups excluding carboxylic acids is 1. The molecule has 0 aliphatic heterocycles. The highest BCUT2D eigenvalue weighted by atomic mass is 32.2. The minimum absolute atomic E-state index is 0.106. The van der Waals surface area contributed by atoms with Crippen molar-refractivity contribution in [3.8, 4) is 11.5 Å². The summed E-state index contributed by atoms with van der Waals surface area (Å²) in [4.78, 5) is 24.7. The van der Waals surface area contributed by atoms with E-state index >= 15 is 0 Å². The number of aromatic amines is 1. The van der Waals surface area contributed by atoms with Crippen molar-refractivity contribution < 1.29 is 9.53 Å². The standard InChI is InChI=1S/C24H22N4O3S/c29-22(25-20-13-7-8-14-21(20)31-19-11-5-2-6-12-19)17-32-24-27-26-23(30)28(24)16-15-18-9-3-1-4-10-18/h1-14H,15-17H2,(H,25,29)(H,26,30). The second kappa shape index (κ2) is 10.5. The Morgan fingerprint density at radius 1 is 0.969 bits per heavy atom. The lowest BCUT2D eigenvalue weighted by molar-refractivity contribution is -0.113. The van der Waals surface area contributed by atoms with E-state index in [4.69, 9.17) is 4.74 Å². The van der Waals surface area contributed by atoms with Crippen molar-refractivity contribution >= 4 is 23.4 Å². The van der Waals surface area contributed by atoms with E-state index in [1.807, 2.05) is 72.8 Å². The van der Waals surface area contributed by atoms with Gasteiger partial charge in [-0.15, -0.1) is 5.10 Å². The zero-order chi connectivity index (χ0) is 22.2. The zero-order valence-corrected chi connectivity index (χ0v) is 18.0. The van der Waals surface area contributed by atoms with Gasteiger partial charge in [-0.25, -0.2) is 9.89 Å². The van der Waals surface area contributed by atoms with Crippen molar-refractivity contribution in [1.29, 1.82) is 0 Å². The molecule has 3 aromatic carbocycles. The molecule has 0 spiro atoms. The Kier molecular flexibility index (Phi) is 7.04. The minimum atomic E-state index is -0.287. The number of amides is 1. The van der Waals surface area contributed by atoms with Gasteiger partial charge in [-0.05, 0) is 36.2 Å². The summed E-state index contributed by atoms with van der Waals surface area (Å²) in [5.41, 5.74) is 1.42. The van der Waals surface area contributed by atoms with Gasteiger partial charge in [-0.2, -0.15) is 0 Å². The molecular weight excluding hydrogens is 424 g/mol. The maximum Gasteiger partial charge on any atom is 0.343 e. The van der Waals surface area contributed by atoms with Crippen molar-refractivity contribution in [2.75, 3.05) is 11.1 Å². The second-order valence-electron chi connectivity index (χ2n) is 6.95. The van der Waals surface area contributed by atoms with Crippen LogP contribution in [0.1, 0.15) is 5.56 Å². The number of ether oxygens (including phenoxy) is 1. The molecule has 32 heavy (non-hydrogen) atoms. The molecule has 4 rings (SSSR count). The number of H-pyrrole nitrogens is 1. The number of nitrogens with zero attached hydrogens (tertiary/aromatic N) is 2. The monoisotopic (exact) mass is 446 g/mol. The predicted molar refractivity (Wildman–Crippen MR) is 125 cm³/mol. The third kappa shape index (κ3) is 5.67. The number of para-hydroxylation sites is 3. The summed E-state index contributed by atoms with van der Waals surface area (Å²) in [5.74, 6) is 1.12. The molecule has 0 saturated heterocycles. The topological polar surface area (TPSA) is 89.0 Å². The first-order valence-electron chi connectivity index (χ1n) is 10.1. The Morgan fingerprint density at radius 2 is 1.66 bits per heavy atom. The Morgan fingerprint density at radius 3 is 2.44 bits per heavy atom. The molecule has 0 bridgehead atoms. The number of benzene rings is 3. The minimum Gasteiger partial charge on any atom is -0.455 e. The molecule has 0 radical (unpaired) electrons. The number of anilines is 1. The fourth-order valence-corrected chi connectivity index (χ4v) is 3.86. The first-order chi connectivity index (χ1) is 15.7. The number of aromatic nitrogens is 3. The van der Waals surface area contributed by atoms with Crippen LogP contribution in [0.25, 0.3) is 0 Å². The van der Waals surface area contributed by atoms with Crippen molar-refractivity contribution in [3.63, 3.8) is 0 Å². The van der Waals surface area contributed by atoms with Gasteiger partial charge < -0.3 is 10.1 Å². The van der Waals surface area contributed by atoms with Gasteiger partial charge in [0.25, 0.3) is 0 Å². The Balaban J connectivity index is 1.37. The third-order valence-electron chi connectivity index (χ3n) is 4.65. The predicted octanol–water partition coefficient (Wildman–Crippen LogP) is 4.34. The van der Waals surface area contributed by atoms with Crippen LogP contribution in [0.15, 0.2) is 94.9 Å². The molecule has 0 saturated carbocycles. The van der Waals surface area contributed by atoms with Crippen LogP contribution in [0.5, 0.6) is 11.5 Å². The average Bonchev–Trinajstić information content (AvgIpc) is 3.18. The smallest absolute Gasteiger partial charge is 0.343 e. The fraction of sp³-hybridized carbons (Fsp3) is 0.125. The molecule has 2 N–H and O–H groups in total. The molecule has 0 aliphatic carbocycles. The van der Waals surface area contributed by atoms with E-state index in [0.717, 1.165) is 5.56 Å². The number of hydrogen-bond donors (Lipinski definition) is 2. The highest BCUT2D eigenvalue weighted by molar-refractivity contribution is 7.99. The lowest BCUT2D eigenvalue weighted by Gasteiger charge is -2.12. The SMILES string of the molecule is O=C(CSc1n[nH]c(=O)n1CCc1ccccc1)Nc1ccccc1Oc1ccccc1. The van der Waals surface area contributed by atoms with Crippen LogP contribution >= 0.6 is 11.8 Å². The largest absolute Gasteiger partial charge is 0.455 e. The van der Waals surface area contributed by atoms with E-state index in [9.17, 15) is 9.59 Å². The van der Waals surface area contributed by atoms with Gasteiger partial charge >= 0.3 is 5.69 Å². The highest BCUT2D eigenvalue weighted by Crippen LogP contribution is 2.29. The molecule has 7 nitrogen and oxygen atoms in total. The van der Waals surface area contributed by atoms with Gasteiger partial charge in [0, 0.05) is 6.54 Å². The van der Waals surface area contributed by atoms with E-state index in [1.165, 1.54) is 11.8 Å². The maximum absolute atomic E-state index is 12.6. The number of thioether (sulfide) groups is 1. The van der Waals surface area contributed by atoms with E-state index in [1.54, 1.807) is 16.7 Å². The summed E-state index contributed by atoms with van der Waals surface area (Å²) in [7, 11) is 0. The van der Waals surface area contributed by atoms with Crippen LogP contribution in [-0.4, -0.2) is 26.4 Å². The molecule has 0 aliphatic rings. The van der Waals surface area contributed by atoms with Crippen molar-refractivity contribution in [2.45, 2.75) is 18.1 Å². The van der Waals surface area contributed by atoms with Crippen LogP contribution < -0.4 is 15.7 Å². The molecule has 162 valence electrons. The number of hydrogen-bond acceptors (Lipinski definition) is 5. The molecule has 4 aromatic rings. The summed E-state index contributed by atoms with van der Waals surface area (Å²) in [5, 5.41) is 9.89. The summed E-state index contributed by atoms with van der Waals surface area (Å²) in [6, 6.07) is 26.5. The lowest BCUT2D eigenvalue weighted by Crippen LogP contribution is -2.20. The first kappa shape index (κ1) is 21.5. The van der Waals surface area contributed by atoms with E-state index in [-0.39, 0.29) is 17.3 Å². The quantitative estimate of drug-likeness (QED) is 0.374. The Hall–Kier alpha value is -3.78. The molecular formula is C24H22N4O3S. The zero-order valence-electron chi connectivity index (χ0n) is 17.2. The molecule has 1 heterocycles. The van der Waals surface area contributed by atoms with E-state index in [0.29, 0.717) is 35.3 Å². The van der Waals surface area contributed by atoms with Crippen LogP contribution in [0.4, 0.5) is 5.69 Å². The molecule has 0 atom stereocenters. The van der Waals surface area contributed by atoms with Crippen LogP contribution in [0, 0.1) is 0 Å². The number of nitrogens with one attached hydrogen (secondary N) is 2. The molecule has 0 fully saturated rings. The molecule has 0 unspecified atom stereocenters. The average molecular weight is 447 g/mol. The number of carbonyl (C=O) groups is 1. The maximum atomic E-state index is 12.6. The van der Waals surface area contributed by atoms with Crippen LogP contribution in [0.2, 0.25) is 0 Å². The number of rotatable bonds is 9. The molecule has 1 aromatic heterocycles. The normalized spacial score (nSPS) is 10.6. The van der Waals surface area contributed by atoms with Crippen LogP contribution in [0.3, 0.4) is 0 Å². The first-order valence-corrected chi connectivity index (χ1v) is 11.1. The van der Waals surface area contributed by atoms with Crippen LogP contribution in [-0.2, 0) is 17.8 Å². The third-order valence-corrected chi connectivity index (χ3v) is 5.63. The second-order valence-corrected chi connectivity index (χ2v) is 7.89. The van der Waals surface area contributed by atoms with Gasteiger partial charge in [0.1, 0.15) is 5.75 Å². The van der Waals surface area contributed by atoms with E-state index < -0.39 is 0 Å². The van der Waals surface area contributed by atoms with Gasteiger partial charge in [0.05, 0.1) is 11.4 Å². The van der Waals surface area contributed by atoms with E-state index in [2.05, 4.69) is 15.5 Å². The Labute approximate surface area is 189 Å². The fourth-order valence-electron chi connectivity index (χ4n) is 3.09. The van der Waals surface area contributed by atoms with Gasteiger partial charge in [-0.1, -0.05) is 72.4 Å². The number of aryl methyl sites for hydroxylation is 1. The molecule has 8 heteroatoms. The van der Waals surface area contributed by atoms with Crippen molar-refractivity contribution in [2.24, 2.45) is 0 Å². The van der Waals surface area contributed by atoms with Gasteiger partial charge in [0.2, 0.25) is 5.91 Å². The summed E-state index contributed by atoms with van der Waals surface area (Å²) < 4.78 is 7.44. The highest BCUT2D eigenvalue weighted by Gasteiger charge is 2.13. The van der Waals surface area contributed by atoms with Crippen molar-refractivity contribution in [1.82, 2.24) is 14.8 Å². The van der Waals surface area contributed by atoms with Gasteiger partial charge in [-0.3, -0.25) is 9.36 Å². The van der Waals surface area contributed by atoms with Gasteiger partial charge in [0.15, 0.2) is 10.9 Å².